The summed E-state index contributed by atoms with van der Waals surface area (Å²) in [6.07, 6.45) is 0. The van der Waals surface area contributed by atoms with Gasteiger partial charge >= 0.3 is 0 Å². The zero-order valence-electron chi connectivity index (χ0n) is 28.1. The molecular formula is C43H39ClFN. The molecule has 3 heteroatoms. The highest BCUT2D eigenvalue weighted by atomic mass is 35.5. The third-order valence-electron chi connectivity index (χ3n) is 10.9. The van der Waals surface area contributed by atoms with Crippen LogP contribution in [0.1, 0.15) is 102 Å². The smallest absolute Gasteiger partial charge is 0.143 e. The Morgan fingerprint density at radius 1 is 0.565 bits per heavy atom. The summed E-state index contributed by atoms with van der Waals surface area (Å²) in [6.45, 7) is 20.7. The van der Waals surface area contributed by atoms with Gasteiger partial charge in [-0.3, -0.25) is 0 Å². The normalized spacial score (nSPS) is 15.9. The molecule has 2 heterocycles. The minimum atomic E-state index is -0.383. The van der Waals surface area contributed by atoms with Crippen LogP contribution in [0.3, 0.4) is 0 Å². The molecule has 0 fully saturated rings. The summed E-state index contributed by atoms with van der Waals surface area (Å²) < 4.78 is 17.5. The van der Waals surface area contributed by atoms with Crippen molar-refractivity contribution in [2.45, 2.75) is 84.5 Å². The second-order valence-corrected chi connectivity index (χ2v) is 17.3. The van der Waals surface area contributed by atoms with Crippen LogP contribution in [-0.2, 0) is 16.2 Å². The van der Waals surface area contributed by atoms with Crippen LogP contribution in [0.4, 0.5) is 4.39 Å². The minimum Gasteiger partial charge on any atom is -0.308 e. The fraction of sp³-hybridized carbons (Fsp3) is 0.302. The molecular weight excluding hydrogens is 585 g/mol. The van der Waals surface area contributed by atoms with Gasteiger partial charge in [-0.2, -0.15) is 0 Å². The van der Waals surface area contributed by atoms with Crippen molar-refractivity contribution >= 4 is 49.7 Å². The fourth-order valence-corrected chi connectivity index (χ4v) is 8.60. The van der Waals surface area contributed by atoms with Gasteiger partial charge < -0.3 is 4.40 Å². The zero-order valence-corrected chi connectivity index (χ0v) is 28.9. The largest absolute Gasteiger partial charge is 0.308 e. The first-order chi connectivity index (χ1) is 21.5. The lowest BCUT2D eigenvalue weighted by molar-refractivity contribution is 0.589. The van der Waals surface area contributed by atoms with E-state index in [4.69, 9.17) is 11.6 Å². The standard InChI is InChI=1S/C43H39ClFN/c1-41(2,3)21-10-12-24-25(14-21)27-16-23(43(7,8)9)17-28-29-18-30-26-19-32(44)33(45)20-35(26)46-34-13-11-22(42(4,5)6)15-31(34)39(40(30)46)38(29)37(24)36(27)28/h10-20,37H,1-9H3. The Bertz CT molecular complexity index is 2490. The Morgan fingerprint density at radius 3 is 1.83 bits per heavy atom. The first-order valence-corrected chi connectivity index (χ1v) is 16.9. The number of rotatable bonds is 0. The van der Waals surface area contributed by atoms with Gasteiger partial charge in [0, 0.05) is 33.5 Å². The van der Waals surface area contributed by atoms with E-state index in [9.17, 15) is 0 Å². The molecule has 46 heavy (non-hydrogen) atoms. The molecule has 1 nitrogen and oxygen atoms in total. The van der Waals surface area contributed by atoms with Gasteiger partial charge in [0.05, 0.1) is 21.6 Å². The number of fused-ring (bicyclic) bond motifs is 13. The molecule has 1 atom stereocenters. The summed E-state index contributed by atoms with van der Waals surface area (Å²) in [5.74, 6) is -0.236. The number of hydrogen-bond acceptors (Lipinski definition) is 0. The Hall–Kier alpha value is -3.88. The van der Waals surface area contributed by atoms with E-state index in [-0.39, 0.29) is 33.0 Å². The Balaban J connectivity index is 1.51. The third-order valence-corrected chi connectivity index (χ3v) is 11.2. The molecule has 2 aliphatic rings. The fourth-order valence-electron chi connectivity index (χ4n) is 8.43. The first kappa shape index (κ1) is 28.4. The summed E-state index contributed by atoms with van der Waals surface area (Å²) in [5, 5.41) is 4.83. The molecule has 0 spiro atoms. The molecule has 7 aromatic rings. The average molecular weight is 624 g/mol. The molecule has 2 aromatic heterocycles. The maximum absolute atomic E-state index is 15.2. The van der Waals surface area contributed by atoms with Crippen molar-refractivity contribution in [3.8, 4) is 22.3 Å². The van der Waals surface area contributed by atoms with Crippen molar-refractivity contribution < 1.29 is 4.39 Å². The quantitative estimate of drug-likeness (QED) is 0.158. The van der Waals surface area contributed by atoms with Crippen LogP contribution in [0.5, 0.6) is 0 Å². The molecule has 1 unspecified atom stereocenters. The predicted molar refractivity (Wildman–Crippen MR) is 194 cm³/mol. The van der Waals surface area contributed by atoms with Crippen LogP contribution in [0.15, 0.2) is 66.7 Å². The number of halogens is 2. The van der Waals surface area contributed by atoms with Gasteiger partial charge in [-0.05, 0) is 96.1 Å². The number of benzene rings is 5. The van der Waals surface area contributed by atoms with Crippen molar-refractivity contribution in [1.29, 1.82) is 0 Å². The number of hydrogen-bond donors (Lipinski definition) is 0. The van der Waals surface area contributed by atoms with Crippen LogP contribution < -0.4 is 0 Å². The Labute approximate surface area is 275 Å². The molecule has 0 saturated heterocycles. The third kappa shape index (κ3) is 3.52. The molecule has 5 aromatic carbocycles. The second-order valence-electron chi connectivity index (χ2n) is 16.9. The summed E-state index contributed by atoms with van der Waals surface area (Å²) in [7, 11) is 0. The monoisotopic (exact) mass is 623 g/mol. The predicted octanol–water partition coefficient (Wildman–Crippen LogP) is 12.7. The van der Waals surface area contributed by atoms with E-state index in [1.165, 1.54) is 71.9 Å². The van der Waals surface area contributed by atoms with Crippen LogP contribution in [-0.4, -0.2) is 4.40 Å². The van der Waals surface area contributed by atoms with E-state index >= 15 is 4.39 Å². The minimum absolute atomic E-state index is 0.00783. The molecule has 0 saturated carbocycles. The SMILES string of the molecule is CC(C)(C)c1ccc2c(c1)-c1cc(C(C)(C)C)cc3c1C2c1c-3cc2c3cc(Cl)c(F)cc3n3c4ccc(C(C)(C)C)cc4c1c23. The molecule has 0 radical (unpaired) electrons. The van der Waals surface area contributed by atoms with Crippen LogP contribution in [0.25, 0.3) is 60.3 Å². The summed E-state index contributed by atoms with van der Waals surface area (Å²) >= 11 is 6.47. The Kier molecular flexibility index (Phi) is 5.25. The zero-order chi connectivity index (χ0) is 32.4. The second kappa shape index (κ2) is 8.52. The summed E-state index contributed by atoms with van der Waals surface area (Å²) in [6, 6.07) is 24.9. The van der Waals surface area contributed by atoms with E-state index in [1.54, 1.807) is 6.07 Å². The van der Waals surface area contributed by atoms with E-state index in [1.807, 2.05) is 6.07 Å². The van der Waals surface area contributed by atoms with Crippen molar-refractivity contribution in [3.63, 3.8) is 0 Å². The summed E-state index contributed by atoms with van der Waals surface area (Å²) in [4.78, 5) is 0. The number of aromatic nitrogens is 1. The van der Waals surface area contributed by atoms with Crippen molar-refractivity contribution in [1.82, 2.24) is 4.40 Å². The number of nitrogens with zero attached hydrogens (tertiary/aromatic N) is 1. The molecule has 0 aliphatic heterocycles. The highest BCUT2D eigenvalue weighted by Gasteiger charge is 2.43. The van der Waals surface area contributed by atoms with Gasteiger partial charge in [-0.1, -0.05) is 110 Å². The molecule has 2 aliphatic carbocycles. The maximum Gasteiger partial charge on any atom is 0.143 e. The van der Waals surface area contributed by atoms with E-state index in [0.717, 1.165) is 21.8 Å². The lowest BCUT2D eigenvalue weighted by Crippen LogP contribution is -2.12. The maximum atomic E-state index is 15.2. The van der Waals surface area contributed by atoms with Gasteiger partial charge in [0.1, 0.15) is 5.82 Å². The Morgan fingerprint density at radius 2 is 1.15 bits per heavy atom. The molecule has 230 valence electrons. The highest BCUT2D eigenvalue weighted by Crippen LogP contribution is 2.62. The van der Waals surface area contributed by atoms with E-state index in [0.29, 0.717) is 0 Å². The lowest BCUT2D eigenvalue weighted by Gasteiger charge is -2.23. The average Bonchev–Trinajstić information content (AvgIpc) is 3.67. The van der Waals surface area contributed by atoms with Crippen molar-refractivity contribution in [2.75, 3.05) is 0 Å². The lowest BCUT2D eigenvalue weighted by atomic mass is 9.81. The topological polar surface area (TPSA) is 4.41 Å². The van der Waals surface area contributed by atoms with Crippen LogP contribution >= 0.6 is 11.6 Å². The van der Waals surface area contributed by atoms with Crippen LogP contribution in [0.2, 0.25) is 5.02 Å². The van der Waals surface area contributed by atoms with Crippen molar-refractivity contribution in [2.24, 2.45) is 0 Å². The summed E-state index contributed by atoms with van der Waals surface area (Å²) in [5.41, 5.74) is 16.8. The van der Waals surface area contributed by atoms with E-state index < -0.39 is 0 Å². The highest BCUT2D eigenvalue weighted by molar-refractivity contribution is 6.33. The van der Waals surface area contributed by atoms with Gasteiger partial charge in [0.25, 0.3) is 0 Å². The first-order valence-electron chi connectivity index (χ1n) is 16.5. The van der Waals surface area contributed by atoms with Gasteiger partial charge in [0.2, 0.25) is 0 Å². The van der Waals surface area contributed by atoms with Crippen molar-refractivity contribution in [3.05, 3.63) is 111 Å². The van der Waals surface area contributed by atoms with Gasteiger partial charge in [-0.15, -0.1) is 0 Å². The van der Waals surface area contributed by atoms with Crippen LogP contribution in [0, 0.1) is 5.82 Å². The molecule has 9 rings (SSSR count). The van der Waals surface area contributed by atoms with Gasteiger partial charge in [-0.25, -0.2) is 4.39 Å². The van der Waals surface area contributed by atoms with E-state index in [2.05, 4.69) is 121 Å². The molecule has 0 N–H and O–H groups in total. The molecule has 0 amide bonds. The van der Waals surface area contributed by atoms with Gasteiger partial charge in [0.15, 0.2) is 0 Å². The molecule has 0 bridgehead atoms.